The Hall–Kier alpha value is -1.05. The van der Waals surface area contributed by atoms with Crippen molar-refractivity contribution in [3.63, 3.8) is 0 Å². The van der Waals surface area contributed by atoms with Crippen molar-refractivity contribution >= 4 is 0 Å². The average molecular weight is 322 g/mol. The van der Waals surface area contributed by atoms with E-state index >= 15 is 0 Å². The summed E-state index contributed by atoms with van der Waals surface area (Å²) in [6.07, 6.45) is 7.42. The van der Waals surface area contributed by atoms with Crippen molar-refractivity contribution in [2.75, 3.05) is 32.8 Å². The van der Waals surface area contributed by atoms with Gasteiger partial charge < -0.3 is 10.0 Å². The SMILES string of the molecule is Cc1nnnn1CCCN1CCN(C2CCCC2)C(CCO)C1. The molecule has 0 amide bonds. The van der Waals surface area contributed by atoms with Crippen molar-refractivity contribution in [2.45, 2.75) is 64.1 Å². The van der Waals surface area contributed by atoms with Crippen LogP contribution >= 0.6 is 0 Å². The Kier molecular flexibility index (Phi) is 5.96. The van der Waals surface area contributed by atoms with Gasteiger partial charge >= 0.3 is 0 Å². The van der Waals surface area contributed by atoms with Gasteiger partial charge in [-0.25, -0.2) is 4.68 Å². The molecule has 1 N–H and O–H groups in total. The zero-order valence-corrected chi connectivity index (χ0v) is 14.3. The van der Waals surface area contributed by atoms with Crippen LogP contribution in [0.15, 0.2) is 0 Å². The van der Waals surface area contributed by atoms with Gasteiger partial charge in [-0.1, -0.05) is 12.8 Å². The van der Waals surface area contributed by atoms with Crippen LogP contribution in [0.25, 0.3) is 0 Å². The third-order valence-corrected chi connectivity index (χ3v) is 5.42. The zero-order valence-electron chi connectivity index (χ0n) is 14.3. The monoisotopic (exact) mass is 322 g/mol. The van der Waals surface area contributed by atoms with Crippen molar-refractivity contribution in [3.05, 3.63) is 5.82 Å². The quantitative estimate of drug-likeness (QED) is 0.796. The molecular formula is C16H30N6O. The molecule has 7 nitrogen and oxygen atoms in total. The van der Waals surface area contributed by atoms with Crippen LogP contribution in [0.5, 0.6) is 0 Å². The largest absolute Gasteiger partial charge is 0.396 e. The maximum absolute atomic E-state index is 9.43. The molecule has 1 aliphatic heterocycles. The summed E-state index contributed by atoms with van der Waals surface area (Å²) >= 11 is 0. The predicted octanol–water partition coefficient (Wildman–Crippen LogP) is 0.683. The molecule has 1 aliphatic carbocycles. The number of aliphatic hydroxyl groups is 1. The summed E-state index contributed by atoms with van der Waals surface area (Å²) in [7, 11) is 0. The van der Waals surface area contributed by atoms with Gasteiger partial charge in [-0.05, 0) is 43.0 Å². The number of nitrogens with zero attached hydrogens (tertiary/aromatic N) is 6. The van der Waals surface area contributed by atoms with Crippen LogP contribution in [0, 0.1) is 6.92 Å². The number of rotatable bonds is 7. The Morgan fingerprint density at radius 1 is 1.17 bits per heavy atom. The van der Waals surface area contributed by atoms with E-state index < -0.39 is 0 Å². The molecule has 1 aromatic heterocycles. The summed E-state index contributed by atoms with van der Waals surface area (Å²) in [5.41, 5.74) is 0. The van der Waals surface area contributed by atoms with E-state index in [0.717, 1.165) is 57.4 Å². The van der Waals surface area contributed by atoms with Crippen LogP contribution in [0.2, 0.25) is 0 Å². The first kappa shape index (κ1) is 16.8. The van der Waals surface area contributed by atoms with Crippen LogP contribution in [0.1, 0.15) is 44.3 Å². The third kappa shape index (κ3) is 4.28. The molecule has 0 radical (unpaired) electrons. The molecule has 0 aromatic carbocycles. The molecule has 3 rings (SSSR count). The highest BCUT2D eigenvalue weighted by molar-refractivity contribution is 4.88. The van der Waals surface area contributed by atoms with E-state index in [0.29, 0.717) is 12.6 Å². The molecule has 0 bridgehead atoms. The molecule has 130 valence electrons. The minimum absolute atomic E-state index is 0.297. The van der Waals surface area contributed by atoms with Gasteiger partial charge in [0.15, 0.2) is 0 Å². The Morgan fingerprint density at radius 3 is 2.70 bits per heavy atom. The first-order valence-corrected chi connectivity index (χ1v) is 9.09. The number of piperazine rings is 1. The van der Waals surface area contributed by atoms with E-state index in [1.54, 1.807) is 0 Å². The Labute approximate surface area is 138 Å². The fraction of sp³-hybridized carbons (Fsp3) is 0.938. The van der Waals surface area contributed by atoms with Gasteiger partial charge in [-0.15, -0.1) is 5.10 Å². The zero-order chi connectivity index (χ0) is 16.1. The number of hydrogen-bond donors (Lipinski definition) is 1. The van der Waals surface area contributed by atoms with Crippen LogP contribution in [0.3, 0.4) is 0 Å². The van der Waals surface area contributed by atoms with E-state index in [1.807, 2.05) is 11.6 Å². The lowest BCUT2D eigenvalue weighted by Gasteiger charge is -2.44. The van der Waals surface area contributed by atoms with Gasteiger partial charge in [0.05, 0.1) is 0 Å². The average Bonchev–Trinajstić information content (AvgIpc) is 3.20. The van der Waals surface area contributed by atoms with Crippen LogP contribution in [-0.2, 0) is 6.54 Å². The van der Waals surface area contributed by atoms with Crippen molar-refractivity contribution in [1.29, 1.82) is 0 Å². The Morgan fingerprint density at radius 2 is 2.00 bits per heavy atom. The van der Waals surface area contributed by atoms with Gasteiger partial charge in [0, 0.05) is 51.4 Å². The standard InChI is InChI=1S/C16H30N6O/c1-14-17-18-19-22(14)9-4-8-20-10-11-21(15-5-2-3-6-15)16(13-20)7-12-23/h15-16,23H,2-13H2,1H3. The van der Waals surface area contributed by atoms with Gasteiger partial charge in [-0.2, -0.15) is 0 Å². The van der Waals surface area contributed by atoms with Gasteiger partial charge in [-0.3, -0.25) is 4.90 Å². The smallest absolute Gasteiger partial charge is 0.148 e. The van der Waals surface area contributed by atoms with E-state index in [1.165, 1.54) is 25.7 Å². The molecule has 2 heterocycles. The number of tetrazole rings is 1. The van der Waals surface area contributed by atoms with Gasteiger partial charge in [0.25, 0.3) is 0 Å². The van der Waals surface area contributed by atoms with Crippen molar-refractivity contribution < 1.29 is 5.11 Å². The topological polar surface area (TPSA) is 70.3 Å². The molecule has 2 fully saturated rings. The summed E-state index contributed by atoms with van der Waals surface area (Å²) < 4.78 is 1.87. The van der Waals surface area contributed by atoms with Crippen LogP contribution < -0.4 is 0 Å². The first-order chi connectivity index (χ1) is 11.3. The molecule has 2 aliphatic rings. The summed E-state index contributed by atoms with van der Waals surface area (Å²) in [4.78, 5) is 5.23. The fourth-order valence-electron chi connectivity index (χ4n) is 4.16. The van der Waals surface area contributed by atoms with Gasteiger partial charge in [0.1, 0.15) is 5.82 Å². The number of aryl methyl sites for hydroxylation is 2. The molecule has 1 unspecified atom stereocenters. The second-order valence-electron chi connectivity index (χ2n) is 6.95. The third-order valence-electron chi connectivity index (χ3n) is 5.42. The van der Waals surface area contributed by atoms with E-state index in [9.17, 15) is 5.11 Å². The van der Waals surface area contributed by atoms with Crippen molar-refractivity contribution in [3.8, 4) is 0 Å². The van der Waals surface area contributed by atoms with Crippen LogP contribution in [-0.4, -0.2) is 80.0 Å². The molecule has 0 spiro atoms. The Bertz CT molecular complexity index is 473. The second-order valence-corrected chi connectivity index (χ2v) is 6.95. The number of aliphatic hydroxyl groups excluding tert-OH is 1. The van der Waals surface area contributed by atoms with Crippen molar-refractivity contribution in [1.82, 2.24) is 30.0 Å². The molecule has 1 aromatic rings. The highest BCUT2D eigenvalue weighted by Gasteiger charge is 2.32. The lowest BCUT2D eigenvalue weighted by molar-refractivity contribution is 0.0290. The molecule has 1 saturated heterocycles. The maximum Gasteiger partial charge on any atom is 0.148 e. The second kappa shape index (κ2) is 8.17. The molecule has 23 heavy (non-hydrogen) atoms. The molecule has 7 heteroatoms. The lowest BCUT2D eigenvalue weighted by atomic mass is 10.0. The Balaban J connectivity index is 1.47. The predicted molar refractivity (Wildman–Crippen MR) is 88.1 cm³/mol. The maximum atomic E-state index is 9.43. The highest BCUT2D eigenvalue weighted by atomic mass is 16.3. The number of hydrogen-bond acceptors (Lipinski definition) is 6. The molecular weight excluding hydrogens is 292 g/mol. The van der Waals surface area contributed by atoms with E-state index in [-0.39, 0.29) is 0 Å². The van der Waals surface area contributed by atoms with E-state index in [4.69, 9.17) is 0 Å². The molecule has 1 saturated carbocycles. The minimum atomic E-state index is 0.297. The van der Waals surface area contributed by atoms with Crippen LogP contribution in [0.4, 0.5) is 0 Å². The van der Waals surface area contributed by atoms with Gasteiger partial charge in [0.2, 0.25) is 0 Å². The molecule has 1 atom stereocenters. The lowest BCUT2D eigenvalue weighted by Crippen LogP contribution is -2.56. The first-order valence-electron chi connectivity index (χ1n) is 9.09. The van der Waals surface area contributed by atoms with Crippen molar-refractivity contribution in [2.24, 2.45) is 0 Å². The summed E-state index contributed by atoms with van der Waals surface area (Å²) in [5, 5.41) is 21.0. The fourth-order valence-corrected chi connectivity index (χ4v) is 4.16. The summed E-state index contributed by atoms with van der Waals surface area (Å²) in [6.45, 7) is 7.59. The highest BCUT2D eigenvalue weighted by Crippen LogP contribution is 2.27. The number of aromatic nitrogens is 4. The van der Waals surface area contributed by atoms with E-state index in [2.05, 4.69) is 25.3 Å². The minimum Gasteiger partial charge on any atom is -0.396 e. The summed E-state index contributed by atoms with van der Waals surface area (Å²) in [6, 6.07) is 1.28. The normalized spacial score (nSPS) is 24.5. The summed E-state index contributed by atoms with van der Waals surface area (Å²) in [5.74, 6) is 0.884.